The summed E-state index contributed by atoms with van der Waals surface area (Å²) < 4.78 is 24.4. The van der Waals surface area contributed by atoms with Crippen LogP contribution in [0.2, 0.25) is 4.47 Å². The molecule has 0 spiro atoms. The molecule has 2 aromatic carbocycles. The van der Waals surface area contributed by atoms with Crippen molar-refractivity contribution in [3.8, 4) is 5.75 Å². The molecule has 0 amide bonds. The molecule has 0 saturated heterocycles. The topological polar surface area (TPSA) is 52.6 Å². The molecule has 2 rings (SSSR count). The minimum absolute atomic E-state index is 0.341. The quantitative estimate of drug-likeness (QED) is 0.503. The van der Waals surface area contributed by atoms with Crippen molar-refractivity contribution >= 4 is 29.1 Å². The van der Waals surface area contributed by atoms with E-state index in [4.69, 9.17) is 9.47 Å². The second-order valence-electron chi connectivity index (χ2n) is 5.11. The van der Waals surface area contributed by atoms with Crippen LogP contribution in [0, 0.1) is 0 Å². The van der Waals surface area contributed by atoms with Crippen molar-refractivity contribution in [1.82, 2.24) is 0 Å². The number of carbonyl (C=O) groups is 1. The summed E-state index contributed by atoms with van der Waals surface area (Å²) in [7, 11) is 1.60. The summed E-state index contributed by atoms with van der Waals surface area (Å²) in [6, 6.07) is 17.1. The van der Waals surface area contributed by atoms with Crippen molar-refractivity contribution in [2.75, 3.05) is 7.11 Å². The molecular weight excluding hydrogens is 408 g/mol. The van der Waals surface area contributed by atoms with Crippen LogP contribution in [0.4, 0.5) is 0 Å². The predicted octanol–water partition coefficient (Wildman–Crippen LogP) is 2.50. The zero-order valence-corrected chi connectivity index (χ0v) is 15.6. The van der Waals surface area contributed by atoms with Gasteiger partial charge in [0.05, 0.1) is 0 Å². The summed E-state index contributed by atoms with van der Waals surface area (Å²) in [5.41, 5.74) is 1.07. The third-order valence-corrected chi connectivity index (χ3v) is 7.50. The number of carbonyl (C=O) groups excluding carboxylic acids is 1. The van der Waals surface area contributed by atoms with E-state index in [1.807, 2.05) is 42.5 Å². The number of esters is 1. The average molecular weight is 428 g/mol. The number of methoxy groups -OCH3 is 1. The zero-order valence-electron chi connectivity index (χ0n) is 13.2. The first-order valence-corrected chi connectivity index (χ1v) is 11.1. The molecule has 0 fully saturated rings. The van der Waals surface area contributed by atoms with E-state index < -0.39 is 19.5 Å². The summed E-state index contributed by atoms with van der Waals surface area (Å²) in [5, 5.41) is 0. The Morgan fingerprint density at radius 1 is 1.09 bits per heavy atom. The van der Waals surface area contributed by atoms with Crippen molar-refractivity contribution in [2.24, 2.45) is 0 Å². The molecule has 0 aliphatic heterocycles. The van der Waals surface area contributed by atoms with Crippen LogP contribution in [0.3, 0.4) is 0 Å². The molecule has 0 heterocycles. The number of rotatable bonds is 7. The third-order valence-electron chi connectivity index (χ3n) is 3.30. The monoisotopic (exact) mass is 430 g/mol. The molecule has 23 heavy (non-hydrogen) atoms. The summed E-state index contributed by atoms with van der Waals surface area (Å²) in [5.74, 6) is 0.397. The fraction of sp³-hybridized carbons (Fsp3) is 0.278. The van der Waals surface area contributed by atoms with Crippen LogP contribution in [0.25, 0.3) is 0 Å². The van der Waals surface area contributed by atoms with E-state index in [2.05, 4.69) is 0 Å². The second kappa shape index (κ2) is 8.81. The van der Waals surface area contributed by atoms with Crippen LogP contribution < -0.4 is 8.35 Å². The summed E-state index contributed by atoms with van der Waals surface area (Å²) in [4.78, 5) is 11.3. The van der Waals surface area contributed by atoms with E-state index >= 15 is 0 Å². The van der Waals surface area contributed by atoms with Gasteiger partial charge in [0, 0.05) is 0 Å². The van der Waals surface area contributed by atoms with Gasteiger partial charge in [-0.05, 0) is 0 Å². The molecule has 4 nitrogen and oxygen atoms in total. The van der Waals surface area contributed by atoms with Crippen LogP contribution in [0.15, 0.2) is 54.6 Å². The van der Waals surface area contributed by atoms with Gasteiger partial charge >= 0.3 is 143 Å². The zero-order chi connectivity index (χ0) is 16.7. The van der Waals surface area contributed by atoms with Gasteiger partial charge in [-0.25, -0.2) is 0 Å². The first-order valence-electron chi connectivity index (χ1n) is 7.32. The Kier molecular flexibility index (Phi) is 6.76. The van der Waals surface area contributed by atoms with Gasteiger partial charge in [0.25, 0.3) is 0 Å². The van der Waals surface area contributed by atoms with Gasteiger partial charge in [-0.15, -0.1) is 0 Å². The Balaban J connectivity index is 2.06. The summed E-state index contributed by atoms with van der Waals surface area (Å²) >= 11 is -2.76. The molecule has 0 aliphatic rings. The van der Waals surface area contributed by atoms with Gasteiger partial charge in [-0.2, -0.15) is 0 Å². The van der Waals surface area contributed by atoms with Gasteiger partial charge in [-0.1, -0.05) is 0 Å². The van der Waals surface area contributed by atoms with Gasteiger partial charge in [0.2, 0.25) is 0 Å². The molecule has 0 aromatic heterocycles. The van der Waals surface area contributed by atoms with Gasteiger partial charge in [0.15, 0.2) is 0 Å². The fourth-order valence-corrected chi connectivity index (χ4v) is 5.54. The van der Waals surface area contributed by atoms with E-state index in [0.29, 0.717) is 10.9 Å². The maximum atomic E-state index is 12.6. The van der Waals surface area contributed by atoms with Crippen LogP contribution in [0.1, 0.15) is 12.5 Å². The average Bonchev–Trinajstić information content (AvgIpc) is 2.55. The Labute approximate surface area is 143 Å². The minimum atomic E-state index is -2.76. The van der Waals surface area contributed by atoms with Crippen LogP contribution in [0.5, 0.6) is 5.75 Å². The number of ether oxygens (including phenoxy) is 2. The second-order valence-corrected chi connectivity index (χ2v) is 9.38. The number of hydrogen-bond acceptors (Lipinski definition) is 4. The Morgan fingerprint density at radius 3 is 2.30 bits per heavy atom. The molecule has 0 saturated carbocycles. The molecule has 122 valence electrons. The Bertz CT molecular complexity index is 652. The summed E-state index contributed by atoms with van der Waals surface area (Å²) in [6.07, 6.45) is 0.224. The van der Waals surface area contributed by atoms with Crippen molar-refractivity contribution < 1.29 is 17.4 Å². The van der Waals surface area contributed by atoms with Crippen molar-refractivity contribution in [3.05, 3.63) is 60.2 Å². The fourth-order valence-electron chi connectivity index (χ4n) is 2.24. The molecule has 1 unspecified atom stereocenters. The molecule has 0 N–H and O–H groups in total. The molecule has 5 heteroatoms. The van der Waals surface area contributed by atoms with Gasteiger partial charge in [0.1, 0.15) is 0 Å². The first kappa shape index (κ1) is 17.7. The van der Waals surface area contributed by atoms with E-state index in [1.54, 1.807) is 19.2 Å². The molecule has 1 atom stereocenters. The standard InChI is InChI=1S/C18H20O4Te/c1-14(19)22-17(12-15-6-4-3-5-7-15)13-23(20)18-10-8-16(21-2)9-11-18/h3-11,17H,12-13H2,1-2H3. The first-order chi connectivity index (χ1) is 11.1. The Morgan fingerprint density at radius 2 is 1.74 bits per heavy atom. The van der Waals surface area contributed by atoms with Crippen molar-refractivity contribution in [3.63, 3.8) is 0 Å². The number of hydrogen-bond donors (Lipinski definition) is 0. The molecule has 0 bridgehead atoms. The Hall–Kier alpha value is -1.70. The van der Waals surface area contributed by atoms with E-state index in [1.165, 1.54) is 6.92 Å². The normalized spacial score (nSPS) is 12.0. The van der Waals surface area contributed by atoms with E-state index in [0.717, 1.165) is 14.9 Å². The molecule has 0 aliphatic carbocycles. The molecule has 0 radical (unpaired) electrons. The SMILES string of the molecule is COc1ccc([Te](=O)CC(Cc2ccccc2)OC(C)=O)cc1. The van der Waals surface area contributed by atoms with Crippen molar-refractivity contribution in [1.29, 1.82) is 0 Å². The van der Waals surface area contributed by atoms with E-state index in [9.17, 15) is 7.90 Å². The van der Waals surface area contributed by atoms with E-state index in [-0.39, 0.29) is 12.1 Å². The van der Waals surface area contributed by atoms with Crippen LogP contribution >= 0.6 is 0 Å². The number of benzene rings is 2. The predicted molar refractivity (Wildman–Crippen MR) is 89.6 cm³/mol. The molecular formula is C18H20O4Te. The maximum absolute atomic E-state index is 12.6. The molecule has 2 aromatic rings. The van der Waals surface area contributed by atoms with Gasteiger partial charge < -0.3 is 0 Å². The van der Waals surface area contributed by atoms with Gasteiger partial charge in [-0.3, -0.25) is 0 Å². The van der Waals surface area contributed by atoms with Crippen LogP contribution in [-0.2, 0) is 19.1 Å². The third kappa shape index (κ3) is 5.78. The van der Waals surface area contributed by atoms with Crippen LogP contribution in [-0.4, -0.2) is 38.7 Å². The summed E-state index contributed by atoms with van der Waals surface area (Å²) in [6.45, 7) is 1.39. The van der Waals surface area contributed by atoms with Crippen molar-refractivity contribution in [2.45, 2.75) is 23.9 Å².